The number of benzene rings is 8. The van der Waals surface area contributed by atoms with Crippen molar-refractivity contribution in [1.82, 2.24) is 0 Å². The first-order valence-corrected chi connectivity index (χ1v) is 20.7. The van der Waals surface area contributed by atoms with Gasteiger partial charge in [0.2, 0.25) is 17.2 Å². The van der Waals surface area contributed by atoms with Crippen molar-refractivity contribution in [1.29, 1.82) is 0 Å². The fourth-order valence-electron chi connectivity index (χ4n) is 8.95. The van der Waals surface area contributed by atoms with Crippen molar-refractivity contribution in [2.75, 3.05) is 4.90 Å². The van der Waals surface area contributed by atoms with Crippen LogP contribution in [0.5, 0.6) is 28.7 Å². The zero-order valence-corrected chi connectivity index (χ0v) is 35.2. The Morgan fingerprint density at radius 1 is 0.492 bits per heavy atom. The van der Waals surface area contributed by atoms with E-state index in [-0.39, 0.29) is 11.0 Å². The van der Waals surface area contributed by atoms with E-state index in [0.717, 1.165) is 50.1 Å². The van der Waals surface area contributed by atoms with E-state index in [1.807, 2.05) is 26.0 Å². The molecule has 0 radical (unpaired) electrons. The second kappa shape index (κ2) is 16.0. The second-order valence-corrected chi connectivity index (χ2v) is 15.7. The number of phenols is 5. The summed E-state index contributed by atoms with van der Waals surface area (Å²) in [5.41, 5.74) is 12.6. The fraction of sp³-hybridized carbons (Fsp3) is 0.127. The molecular formula is C55H49NO5. The average Bonchev–Trinajstić information content (AvgIpc) is 3.48. The molecule has 0 bridgehead atoms. The highest BCUT2D eigenvalue weighted by molar-refractivity contribution is 6.09. The summed E-state index contributed by atoms with van der Waals surface area (Å²) in [4.78, 5) is 2.42. The van der Waals surface area contributed by atoms with E-state index in [2.05, 4.69) is 166 Å². The molecule has 0 aliphatic heterocycles. The van der Waals surface area contributed by atoms with Crippen molar-refractivity contribution in [3.63, 3.8) is 0 Å². The first-order chi connectivity index (χ1) is 29.5. The van der Waals surface area contributed by atoms with Gasteiger partial charge in [-0.15, -0.1) is 0 Å². The molecule has 61 heavy (non-hydrogen) atoms. The highest BCUT2D eigenvalue weighted by Crippen LogP contribution is 2.55. The summed E-state index contributed by atoms with van der Waals surface area (Å²) < 4.78 is 0. The largest absolute Gasteiger partial charge is 0.504 e. The number of allylic oxidation sites excluding steroid dienone is 4. The van der Waals surface area contributed by atoms with Crippen LogP contribution in [0.15, 0.2) is 163 Å². The predicted octanol–water partition coefficient (Wildman–Crippen LogP) is 14.7. The smallest absolute Gasteiger partial charge is 0.208 e. The molecule has 0 atom stereocenters. The second-order valence-electron chi connectivity index (χ2n) is 15.7. The highest BCUT2D eigenvalue weighted by Gasteiger charge is 2.35. The van der Waals surface area contributed by atoms with E-state index in [1.165, 1.54) is 33.0 Å². The Labute approximate surface area is 356 Å². The summed E-state index contributed by atoms with van der Waals surface area (Å²) >= 11 is 0. The van der Waals surface area contributed by atoms with Crippen molar-refractivity contribution in [3.05, 3.63) is 174 Å². The lowest BCUT2D eigenvalue weighted by Crippen LogP contribution is -2.18. The Bertz CT molecular complexity index is 3000. The molecule has 304 valence electrons. The van der Waals surface area contributed by atoms with Crippen molar-refractivity contribution in [3.8, 4) is 62.1 Å². The number of rotatable bonds is 7. The van der Waals surface area contributed by atoms with Crippen molar-refractivity contribution < 1.29 is 25.5 Å². The lowest BCUT2D eigenvalue weighted by Gasteiger charge is -2.30. The number of phenolic OH excluding ortho intramolecular Hbond substituents is 5. The molecule has 0 heterocycles. The van der Waals surface area contributed by atoms with Gasteiger partial charge in [0.25, 0.3) is 0 Å². The Kier molecular flexibility index (Phi) is 10.6. The molecule has 6 nitrogen and oxygen atoms in total. The molecular weight excluding hydrogens is 755 g/mol. The maximum Gasteiger partial charge on any atom is 0.208 e. The number of anilines is 3. The van der Waals surface area contributed by atoms with Gasteiger partial charge in [-0.05, 0) is 99.0 Å². The van der Waals surface area contributed by atoms with Crippen LogP contribution in [-0.4, -0.2) is 25.5 Å². The van der Waals surface area contributed by atoms with Gasteiger partial charge in [-0.3, -0.25) is 0 Å². The van der Waals surface area contributed by atoms with Crippen LogP contribution in [0.25, 0.3) is 60.5 Å². The molecule has 6 heteroatoms. The molecule has 0 aromatic heterocycles. The molecule has 8 aromatic carbocycles. The van der Waals surface area contributed by atoms with E-state index < -0.39 is 28.7 Å². The van der Waals surface area contributed by atoms with Crippen LogP contribution in [0.1, 0.15) is 52.7 Å². The number of fused-ring (bicyclic) bond motifs is 3. The lowest BCUT2D eigenvalue weighted by molar-refractivity contribution is 0.330. The summed E-state index contributed by atoms with van der Waals surface area (Å²) in [6.45, 7) is 13.0. The average molecular weight is 804 g/mol. The maximum absolute atomic E-state index is 10.4. The SMILES string of the molecule is C/C=C\C1=C(C)c2ccc(N(c3cccc4ccccc34)c3ccc(-c4ccc(-c5ccc(-c6c(O)c(O)c(O)c(O)c6O)cc5)cc4)c4ccccc34)cc2C1(C)C.CC. The fourth-order valence-corrected chi connectivity index (χ4v) is 8.95. The van der Waals surface area contributed by atoms with Gasteiger partial charge in [-0.1, -0.05) is 161 Å². The first kappa shape index (κ1) is 40.3. The number of nitrogens with zero attached hydrogens (tertiary/aromatic N) is 1. The van der Waals surface area contributed by atoms with E-state index in [9.17, 15) is 25.5 Å². The van der Waals surface area contributed by atoms with Crippen molar-refractivity contribution in [2.45, 2.75) is 47.0 Å². The summed E-state index contributed by atoms with van der Waals surface area (Å²) in [7, 11) is 0. The van der Waals surface area contributed by atoms with Gasteiger partial charge in [0.15, 0.2) is 11.5 Å². The molecule has 5 N–H and O–H groups in total. The minimum absolute atomic E-state index is 0.154. The Morgan fingerprint density at radius 2 is 1.00 bits per heavy atom. The monoisotopic (exact) mass is 803 g/mol. The Morgan fingerprint density at radius 3 is 1.64 bits per heavy atom. The molecule has 0 saturated heterocycles. The molecule has 0 spiro atoms. The number of hydrogen-bond donors (Lipinski definition) is 5. The maximum atomic E-state index is 10.4. The first-order valence-electron chi connectivity index (χ1n) is 20.7. The highest BCUT2D eigenvalue weighted by atomic mass is 16.4. The lowest BCUT2D eigenvalue weighted by atomic mass is 9.80. The van der Waals surface area contributed by atoms with Gasteiger partial charge in [0.05, 0.1) is 16.9 Å². The van der Waals surface area contributed by atoms with Crippen LogP contribution < -0.4 is 4.90 Å². The molecule has 0 fully saturated rings. The van der Waals surface area contributed by atoms with Crippen LogP contribution in [0.2, 0.25) is 0 Å². The van der Waals surface area contributed by atoms with Crippen LogP contribution in [0.4, 0.5) is 17.1 Å². The van der Waals surface area contributed by atoms with Gasteiger partial charge >= 0.3 is 0 Å². The third kappa shape index (κ3) is 6.70. The van der Waals surface area contributed by atoms with Crippen LogP contribution in [0.3, 0.4) is 0 Å². The van der Waals surface area contributed by atoms with Gasteiger partial charge < -0.3 is 30.4 Å². The molecule has 0 amide bonds. The van der Waals surface area contributed by atoms with Crippen LogP contribution >= 0.6 is 0 Å². The standard InChI is InChI=1S/C53H43NO5.C2H6/c1-5-11-43-31(2)38-27-26-37(30-44(38)53(43,3)4)54(45-17-10-13-34-12-6-7-14-40(34)45)46-29-28-39(41-15-8-9-16-42(41)46)35-22-18-32(19-23-35)33-20-24-36(25-21-33)47-48(55)50(57)52(59)51(58)49(47)56;1-2/h5-30,55-59H,1-4H3;1-2H3/b11-5-;. The molecule has 8 aromatic rings. The predicted molar refractivity (Wildman–Crippen MR) is 253 cm³/mol. The number of hydrogen-bond acceptors (Lipinski definition) is 6. The van der Waals surface area contributed by atoms with Gasteiger partial charge in [-0.2, -0.15) is 0 Å². The third-order valence-corrected chi connectivity index (χ3v) is 12.0. The third-order valence-electron chi connectivity index (χ3n) is 12.0. The molecule has 1 aliphatic rings. The minimum Gasteiger partial charge on any atom is -0.504 e. The zero-order chi connectivity index (χ0) is 43.2. The van der Waals surface area contributed by atoms with Gasteiger partial charge in [-0.25, -0.2) is 0 Å². The zero-order valence-electron chi connectivity index (χ0n) is 35.2. The number of aromatic hydroxyl groups is 5. The topological polar surface area (TPSA) is 104 Å². The summed E-state index contributed by atoms with van der Waals surface area (Å²) in [6, 6.07) is 50.4. The molecule has 9 rings (SSSR count). The van der Waals surface area contributed by atoms with Crippen LogP contribution in [-0.2, 0) is 5.41 Å². The molecule has 1 aliphatic carbocycles. The van der Waals surface area contributed by atoms with E-state index in [1.54, 1.807) is 12.1 Å². The van der Waals surface area contributed by atoms with E-state index in [0.29, 0.717) is 5.56 Å². The molecule has 0 unspecified atom stereocenters. The van der Waals surface area contributed by atoms with E-state index >= 15 is 0 Å². The quantitative estimate of drug-likeness (QED) is 0.0812. The van der Waals surface area contributed by atoms with Gasteiger partial charge in [0, 0.05) is 21.9 Å². The molecule has 0 saturated carbocycles. The summed E-state index contributed by atoms with van der Waals surface area (Å²) in [6.07, 6.45) is 4.39. The van der Waals surface area contributed by atoms with Crippen molar-refractivity contribution >= 4 is 44.2 Å². The van der Waals surface area contributed by atoms with Crippen molar-refractivity contribution in [2.24, 2.45) is 0 Å². The summed E-state index contributed by atoms with van der Waals surface area (Å²) in [5.74, 6) is -4.25. The van der Waals surface area contributed by atoms with Crippen LogP contribution in [0, 0.1) is 0 Å². The Hall–Kier alpha value is -7.44. The minimum atomic E-state index is -0.986. The summed E-state index contributed by atoms with van der Waals surface area (Å²) in [5, 5.41) is 55.4. The Balaban J connectivity index is 0.00000253. The normalized spacial score (nSPS) is 13.1. The van der Waals surface area contributed by atoms with Gasteiger partial charge in [0.1, 0.15) is 0 Å². The van der Waals surface area contributed by atoms with E-state index in [4.69, 9.17) is 0 Å².